The van der Waals surface area contributed by atoms with Gasteiger partial charge in [-0.25, -0.2) is 4.98 Å². The molecule has 0 aliphatic heterocycles. The van der Waals surface area contributed by atoms with Crippen molar-refractivity contribution in [3.63, 3.8) is 0 Å². The predicted molar refractivity (Wildman–Crippen MR) is 58.5 cm³/mol. The van der Waals surface area contributed by atoms with Crippen molar-refractivity contribution in [1.29, 1.82) is 0 Å². The Morgan fingerprint density at radius 1 is 1.62 bits per heavy atom. The topological polar surface area (TPSA) is 22.1 Å². The van der Waals surface area contributed by atoms with Crippen molar-refractivity contribution in [3.05, 3.63) is 22.1 Å². The summed E-state index contributed by atoms with van der Waals surface area (Å²) in [5, 5.41) is 3.21. The Hall–Kier alpha value is -0.610. The number of pyridine rings is 1. The third-order valence-corrected chi connectivity index (χ3v) is 3.23. The van der Waals surface area contributed by atoms with Crippen LogP contribution in [0, 0.1) is 0 Å². The molecule has 0 atom stereocenters. The highest BCUT2D eigenvalue weighted by atomic mass is 79.9. The van der Waals surface area contributed by atoms with Gasteiger partial charge in [0.15, 0.2) is 0 Å². The first-order chi connectivity index (χ1) is 6.33. The molecular weight excluding hydrogens is 250 g/mol. The molecule has 0 N–H and O–H groups in total. The van der Waals surface area contributed by atoms with Crippen LogP contribution in [0.1, 0.15) is 6.92 Å². The molecule has 0 spiro atoms. The molecule has 2 aromatic heterocycles. The summed E-state index contributed by atoms with van der Waals surface area (Å²) in [5.74, 6) is 0.732. The van der Waals surface area contributed by atoms with Gasteiger partial charge in [-0.3, -0.25) is 0 Å². The Bertz CT molecular complexity index is 426. The van der Waals surface area contributed by atoms with Crippen LogP contribution in [-0.2, 0) is 0 Å². The fourth-order valence-electron chi connectivity index (χ4n) is 1.15. The summed E-state index contributed by atoms with van der Waals surface area (Å²) < 4.78 is 7.54. The van der Waals surface area contributed by atoms with Gasteiger partial charge in [0.05, 0.1) is 11.3 Å². The second kappa shape index (κ2) is 3.64. The summed E-state index contributed by atoms with van der Waals surface area (Å²) in [4.78, 5) is 4.21. The van der Waals surface area contributed by atoms with Crippen molar-refractivity contribution in [2.75, 3.05) is 6.61 Å². The minimum Gasteiger partial charge on any atom is -0.477 e. The molecule has 2 rings (SSSR count). The molecule has 4 heteroatoms. The second-order valence-electron chi connectivity index (χ2n) is 2.51. The summed E-state index contributed by atoms with van der Waals surface area (Å²) >= 11 is 5.10. The van der Waals surface area contributed by atoms with Crippen LogP contribution in [0.2, 0.25) is 0 Å². The van der Waals surface area contributed by atoms with Crippen LogP contribution in [0.15, 0.2) is 22.1 Å². The van der Waals surface area contributed by atoms with Gasteiger partial charge in [0, 0.05) is 16.1 Å². The Balaban J connectivity index is 2.64. The van der Waals surface area contributed by atoms with E-state index in [0.29, 0.717) is 6.61 Å². The lowest BCUT2D eigenvalue weighted by Crippen LogP contribution is -1.93. The van der Waals surface area contributed by atoms with Crippen LogP contribution in [0.3, 0.4) is 0 Å². The summed E-state index contributed by atoms with van der Waals surface area (Å²) in [6, 6.07) is 2.06. The van der Waals surface area contributed by atoms with Crippen molar-refractivity contribution in [2.45, 2.75) is 6.92 Å². The molecular formula is C9H8BrNOS. The molecule has 2 aromatic rings. The van der Waals surface area contributed by atoms with Gasteiger partial charge >= 0.3 is 0 Å². The number of aromatic nitrogens is 1. The molecule has 0 aromatic carbocycles. The molecule has 13 heavy (non-hydrogen) atoms. The summed E-state index contributed by atoms with van der Waals surface area (Å²) in [6.45, 7) is 2.62. The maximum atomic E-state index is 5.41. The molecule has 0 aliphatic carbocycles. The molecule has 0 saturated heterocycles. The average molecular weight is 258 g/mol. The van der Waals surface area contributed by atoms with E-state index in [0.717, 1.165) is 15.1 Å². The van der Waals surface area contributed by atoms with Crippen LogP contribution in [-0.4, -0.2) is 11.6 Å². The molecule has 0 saturated carbocycles. The van der Waals surface area contributed by atoms with E-state index in [1.165, 1.54) is 5.39 Å². The molecule has 0 radical (unpaired) electrons. The Morgan fingerprint density at radius 2 is 2.46 bits per heavy atom. The van der Waals surface area contributed by atoms with Gasteiger partial charge in [0.25, 0.3) is 0 Å². The molecule has 0 aliphatic rings. The molecule has 0 amide bonds. The summed E-state index contributed by atoms with van der Waals surface area (Å²) in [6.07, 6.45) is 1.78. The lowest BCUT2D eigenvalue weighted by Gasteiger charge is -2.03. The molecule has 0 bridgehead atoms. The number of halogens is 1. The van der Waals surface area contributed by atoms with Crippen LogP contribution >= 0.6 is 27.3 Å². The van der Waals surface area contributed by atoms with Gasteiger partial charge in [-0.05, 0) is 34.3 Å². The van der Waals surface area contributed by atoms with Crippen LogP contribution in [0.5, 0.6) is 5.88 Å². The van der Waals surface area contributed by atoms with E-state index in [4.69, 9.17) is 4.74 Å². The van der Waals surface area contributed by atoms with E-state index in [2.05, 4.69) is 27.0 Å². The SMILES string of the molecule is CCOc1ncc(Br)c2ccsc12. The minimum atomic E-state index is 0.654. The molecule has 68 valence electrons. The van der Waals surface area contributed by atoms with Crippen LogP contribution in [0.25, 0.3) is 10.1 Å². The highest BCUT2D eigenvalue weighted by molar-refractivity contribution is 9.10. The third kappa shape index (κ3) is 1.56. The van der Waals surface area contributed by atoms with Crippen molar-refractivity contribution in [2.24, 2.45) is 0 Å². The fourth-order valence-corrected chi connectivity index (χ4v) is 2.57. The number of hydrogen-bond acceptors (Lipinski definition) is 3. The van der Waals surface area contributed by atoms with E-state index < -0.39 is 0 Å². The van der Waals surface area contributed by atoms with Gasteiger partial charge in [-0.2, -0.15) is 0 Å². The zero-order valence-electron chi connectivity index (χ0n) is 7.08. The molecule has 0 unspecified atom stereocenters. The number of ether oxygens (including phenoxy) is 1. The zero-order chi connectivity index (χ0) is 9.26. The maximum Gasteiger partial charge on any atom is 0.231 e. The zero-order valence-corrected chi connectivity index (χ0v) is 9.48. The van der Waals surface area contributed by atoms with E-state index >= 15 is 0 Å². The fraction of sp³-hybridized carbons (Fsp3) is 0.222. The van der Waals surface area contributed by atoms with Gasteiger partial charge in [-0.1, -0.05) is 0 Å². The lowest BCUT2D eigenvalue weighted by atomic mass is 10.3. The molecule has 2 nitrogen and oxygen atoms in total. The summed E-state index contributed by atoms with van der Waals surface area (Å²) in [7, 11) is 0. The van der Waals surface area contributed by atoms with Crippen molar-refractivity contribution < 1.29 is 4.74 Å². The standard InChI is InChI=1S/C9H8BrNOS/c1-2-12-9-8-6(3-4-13-8)7(10)5-11-9/h3-5H,2H2,1H3. The summed E-state index contributed by atoms with van der Waals surface area (Å²) in [5.41, 5.74) is 0. The number of hydrogen-bond donors (Lipinski definition) is 0. The normalized spacial score (nSPS) is 10.6. The van der Waals surface area contributed by atoms with Gasteiger partial charge < -0.3 is 4.74 Å². The second-order valence-corrected chi connectivity index (χ2v) is 4.28. The number of rotatable bonds is 2. The smallest absolute Gasteiger partial charge is 0.231 e. The first-order valence-electron chi connectivity index (χ1n) is 3.97. The minimum absolute atomic E-state index is 0.654. The Morgan fingerprint density at radius 3 is 3.23 bits per heavy atom. The Kier molecular flexibility index (Phi) is 2.51. The van der Waals surface area contributed by atoms with Crippen LogP contribution < -0.4 is 4.74 Å². The van der Waals surface area contributed by atoms with Crippen molar-refractivity contribution in [1.82, 2.24) is 4.98 Å². The number of fused-ring (bicyclic) bond motifs is 1. The third-order valence-electron chi connectivity index (χ3n) is 1.69. The molecule has 0 fully saturated rings. The van der Waals surface area contributed by atoms with Crippen molar-refractivity contribution >= 4 is 37.4 Å². The van der Waals surface area contributed by atoms with Crippen LogP contribution in [0.4, 0.5) is 0 Å². The number of thiophene rings is 1. The first kappa shape index (κ1) is 8.97. The molecule has 2 heterocycles. The Labute approximate surface area is 88.7 Å². The monoisotopic (exact) mass is 257 g/mol. The highest BCUT2D eigenvalue weighted by Crippen LogP contribution is 2.33. The van der Waals surface area contributed by atoms with E-state index in [1.807, 2.05) is 12.3 Å². The van der Waals surface area contributed by atoms with E-state index in [9.17, 15) is 0 Å². The maximum absolute atomic E-state index is 5.41. The lowest BCUT2D eigenvalue weighted by molar-refractivity contribution is 0.332. The number of nitrogens with zero attached hydrogens (tertiary/aromatic N) is 1. The van der Waals surface area contributed by atoms with Gasteiger partial charge in [0.1, 0.15) is 0 Å². The quantitative estimate of drug-likeness (QED) is 0.822. The van der Waals surface area contributed by atoms with Gasteiger partial charge in [-0.15, -0.1) is 11.3 Å². The van der Waals surface area contributed by atoms with Crippen molar-refractivity contribution in [3.8, 4) is 5.88 Å². The first-order valence-corrected chi connectivity index (χ1v) is 5.64. The van der Waals surface area contributed by atoms with E-state index in [-0.39, 0.29) is 0 Å². The predicted octanol–water partition coefficient (Wildman–Crippen LogP) is 3.46. The van der Waals surface area contributed by atoms with E-state index in [1.54, 1.807) is 17.5 Å². The van der Waals surface area contributed by atoms with Gasteiger partial charge in [0.2, 0.25) is 5.88 Å². The average Bonchev–Trinajstić information content (AvgIpc) is 2.59. The largest absolute Gasteiger partial charge is 0.477 e. The highest BCUT2D eigenvalue weighted by Gasteiger charge is 2.07.